The first kappa shape index (κ1) is 13.8. The third-order valence-electron chi connectivity index (χ3n) is 2.73. The van der Waals surface area contributed by atoms with Crippen molar-refractivity contribution in [3.8, 4) is 0 Å². The standard InChI is InChI=1S/C13H9N3O3S2/c17-11-5-9(15-13-16(11)14-7-21-13)6-20-10-3-1-8(2-4-10)12(18)19/h1-5,7H,6H2,(H,18,19). The lowest BCUT2D eigenvalue weighted by Crippen LogP contribution is -2.14. The summed E-state index contributed by atoms with van der Waals surface area (Å²) in [6.45, 7) is 0. The van der Waals surface area contributed by atoms with Gasteiger partial charge in [0, 0.05) is 16.7 Å². The Kier molecular flexibility index (Phi) is 3.72. The number of hydrogen-bond donors (Lipinski definition) is 1. The van der Waals surface area contributed by atoms with E-state index in [0.717, 1.165) is 4.90 Å². The van der Waals surface area contributed by atoms with Crippen LogP contribution in [0.4, 0.5) is 0 Å². The average molecular weight is 319 g/mol. The lowest BCUT2D eigenvalue weighted by Gasteiger charge is -2.02. The lowest BCUT2D eigenvalue weighted by atomic mass is 10.2. The van der Waals surface area contributed by atoms with Crippen molar-refractivity contribution in [1.82, 2.24) is 14.6 Å². The summed E-state index contributed by atoms with van der Waals surface area (Å²) in [6.07, 6.45) is 0. The SMILES string of the molecule is O=C(O)c1ccc(SCc2cc(=O)n3ncsc3n2)cc1. The van der Waals surface area contributed by atoms with Crippen LogP contribution in [0.2, 0.25) is 0 Å². The van der Waals surface area contributed by atoms with Crippen LogP contribution in [-0.4, -0.2) is 25.7 Å². The number of aromatic nitrogens is 3. The second-order valence-corrected chi connectivity index (χ2v) is 6.00. The van der Waals surface area contributed by atoms with Crippen LogP contribution in [0, 0.1) is 0 Å². The highest BCUT2D eigenvalue weighted by Crippen LogP contribution is 2.22. The minimum Gasteiger partial charge on any atom is -0.478 e. The Bertz CT molecular complexity index is 855. The molecule has 8 heteroatoms. The fourth-order valence-corrected chi connectivity index (χ4v) is 3.16. The molecule has 0 spiro atoms. The zero-order chi connectivity index (χ0) is 14.8. The quantitative estimate of drug-likeness (QED) is 0.742. The highest BCUT2D eigenvalue weighted by atomic mass is 32.2. The number of thioether (sulfide) groups is 1. The average Bonchev–Trinajstić information content (AvgIpc) is 2.94. The van der Waals surface area contributed by atoms with Crippen molar-refractivity contribution in [3.63, 3.8) is 0 Å². The largest absolute Gasteiger partial charge is 0.478 e. The smallest absolute Gasteiger partial charge is 0.335 e. The maximum Gasteiger partial charge on any atom is 0.335 e. The first-order valence-corrected chi connectivity index (χ1v) is 7.78. The van der Waals surface area contributed by atoms with Crippen LogP contribution in [0.5, 0.6) is 0 Å². The molecule has 1 aromatic carbocycles. The van der Waals surface area contributed by atoms with Gasteiger partial charge in [-0.15, -0.1) is 11.8 Å². The van der Waals surface area contributed by atoms with Gasteiger partial charge >= 0.3 is 5.97 Å². The number of hydrogen-bond acceptors (Lipinski definition) is 6. The molecule has 21 heavy (non-hydrogen) atoms. The van der Waals surface area contributed by atoms with Gasteiger partial charge in [-0.3, -0.25) is 4.79 Å². The molecule has 0 bridgehead atoms. The molecule has 0 radical (unpaired) electrons. The van der Waals surface area contributed by atoms with Crippen molar-refractivity contribution >= 4 is 34.0 Å². The number of rotatable bonds is 4. The van der Waals surface area contributed by atoms with E-state index < -0.39 is 5.97 Å². The summed E-state index contributed by atoms with van der Waals surface area (Å²) < 4.78 is 1.26. The summed E-state index contributed by atoms with van der Waals surface area (Å²) in [4.78, 5) is 28.4. The molecule has 3 rings (SSSR count). The molecular formula is C13H9N3O3S2. The molecule has 0 fully saturated rings. The zero-order valence-corrected chi connectivity index (χ0v) is 12.2. The van der Waals surface area contributed by atoms with Crippen molar-refractivity contribution in [2.75, 3.05) is 0 Å². The molecule has 0 aliphatic heterocycles. The van der Waals surface area contributed by atoms with E-state index in [1.807, 2.05) is 0 Å². The van der Waals surface area contributed by atoms with Gasteiger partial charge in [0.15, 0.2) is 0 Å². The van der Waals surface area contributed by atoms with Crippen molar-refractivity contribution in [1.29, 1.82) is 0 Å². The van der Waals surface area contributed by atoms with E-state index in [-0.39, 0.29) is 11.1 Å². The van der Waals surface area contributed by atoms with Gasteiger partial charge in [0.1, 0.15) is 5.51 Å². The molecule has 0 saturated carbocycles. The first-order valence-electron chi connectivity index (χ1n) is 5.92. The van der Waals surface area contributed by atoms with Crippen LogP contribution in [0.1, 0.15) is 16.1 Å². The first-order chi connectivity index (χ1) is 10.1. The van der Waals surface area contributed by atoms with Crippen LogP contribution in [-0.2, 0) is 5.75 Å². The number of carboxylic acid groups (broad SMARTS) is 1. The summed E-state index contributed by atoms with van der Waals surface area (Å²) >= 11 is 2.80. The van der Waals surface area contributed by atoms with E-state index >= 15 is 0 Å². The van der Waals surface area contributed by atoms with Gasteiger partial charge in [-0.1, -0.05) is 11.3 Å². The van der Waals surface area contributed by atoms with E-state index in [9.17, 15) is 9.59 Å². The summed E-state index contributed by atoms with van der Waals surface area (Å²) in [5.74, 6) is -0.410. The van der Waals surface area contributed by atoms with Crippen LogP contribution in [0.15, 0.2) is 45.5 Å². The molecule has 3 aromatic rings. The maximum atomic E-state index is 11.8. The Morgan fingerprint density at radius 1 is 1.33 bits per heavy atom. The molecule has 106 valence electrons. The number of carbonyl (C=O) groups is 1. The third-order valence-corrected chi connectivity index (χ3v) is 4.45. The van der Waals surface area contributed by atoms with Crippen molar-refractivity contribution in [3.05, 3.63) is 57.5 Å². The van der Waals surface area contributed by atoms with Crippen molar-refractivity contribution < 1.29 is 9.90 Å². The van der Waals surface area contributed by atoms with Crippen LogP contribution >= 0.6 is 23.1 Å². The minimum atomic E-state index is -0.947. The van der Waals surface area contributed by atoms with Gasteiger partial charge in [-0.2, -0.15) is 9.61 Å². The Morgan fingerprint density at radius 3 is 2.81 bits per heavy atom. The Balaban J connectivity index is 1.76. The zero-order valence-electron chi connectivity index (χ0n) is 10.6. The highest BCUT2D eigenvalue weighted by molar-refractivity contribution is 7.98. The van der Waals surface area contributed by atoms with Gasteiger partial charge in [-0.05, 0) is 24.3 Å². The predicted octanol–water partition coefficient (Wildman–Crippen LogP) is 2.14. The second kappa shape index (κ2) is 5.66. The van der Waals surface area contributed by atoms with Crippen molar-refractivity contribution in [2.24, 2.45) is 0 Å². The summed E-state index contributed by atoms with van der Waals surface area (Å²) in [5.41, 5.74) is 2.31. The van der Waals surface area contributed by atoms with Crippen LogP contribution in [0.25, 0.3) is 4.96 Å². The van der Waals surface area contributed by atoms with E-state index in [0.29, 0.717) is 16.4 Å². The van der Waals surface area contributed by atoms with Crippen LogP contribution < -0.4 is 5.56 Å². The molecule has 1 N–H and O–H groups in total. The van der Waals surface area contributed by atoms with Gasteiger partial charge < -0.3 is 5.11 Å². The molecule has 0 atom stereocenters. The maximum absolute atomic E-state index is 11.8. The van der Waals surface area contributed by atoms with Crippen molar-refractivity contribution in [2.45, 2.75) is 10.6 Å². The molecule has 2 aromatic heterocycles. The van der Waals surface area contributed by atoms with Gasteiger partial charge in [0.2, 0.25) is 4.96 Å². The fraction of sp³-hybridized carbons (Fsp3) is 0.0769. The van der Waals surface area contributed by atoms with E-state index in [1.165, 1.54) is 33.7 Å². The Morgan fingerprint density at radius 2 is 2.10 bits per heavy atom. The lowest BCUT2D eigenvalue weighted by molar-refractivity contribution is 0.0697. The minimum absolute atomic E-state index is 0.196. The van der Waals surface area contributed by atoms with E-state index in [4.69, 9.17) is 5.11 Å². The Labute approximate surface area is 127 Å². The molecule has 0 aliphatic carbocycles. The number of fused-ring (bicyclic) bond motifs is 1. The number of carboxylic acids is 1. The topological polar surface area (TPSA) is 84.6 Å². The molecule has 0 unspecified atom stereocenters. The second-order valence-electron chi connectivity index (χ2n) is 4.14. The number of aromatic carboxylic acids is 1. The van der Waals surface area contributed by atoms with Crippen LogP contribution in [0.3, 0.4) is 0 Å². The molecule has 0 aliphatic rings. The number of benzene rings is 1. The monoisotopic (exact) mass is 319 g/mol. The number of nitrogens with zero attached hydrogens (tertiary/aromatic N) is 3. The molecule has 0 saturated heterocycles. The molecular weight excluding hydrogens is 310 g/mol. The normalized spacial score (nSPS) is 10.9. The van der Waals surface area contributed by atoms with E-state index in [1.54, 1.807) is 29.8 Å². The summed E-state index contributed by atoms with van der Waals surface area (Å²) in [5, 5.41) is 12.7. The predicted molar refractivity (Wildman–Crippen MR) is 80.1 cm³/mol. The molecule has 0 amide bonds. The molecule has 6 nitrogen and oxygen atoms in total. The summed E-state index contributed by atoms with van der Waals surface area (Å²) in [6, 6.07) is 8.06. The fourth-order valence-electron chi connectivity index (χ4n) is 1.73. The van der Waals surface area contributed by atoms with E-state index in [2.05, 4.69) is 10.1 Å². The Hall–Kier alpha value is -2.19. The van der Waals surface area contributed by atoms with Gasteiger partial charge in [0.25, 0.3) is 5.56 Å². The summed E-state index contributed by atoms with van der Waals surface area (Å²) in [7, 11) is 0. The van der Waals surface area contributed by atoms with Gasteiger partial charge in [-0.25, -0.2) is 9.78 Å². The third kappa shape index (κ3) is 2.96. The highest BCUT2D eigenvalue weighted by Gasteiger charge is 2.06. The molecule has 2 heterocycles. The van der Waals surface area contributed by atoms with Gasteiger partial charge in [0.05, 0.1) is 11.3 Å².